The van der Waals surface area contributed by atoms with Crippen molar-refractivity contribution in [2.45, 2.75) is 25.8 Å². The number of nitrogens with zero attached hydrogens (tertiary/aromatic N) is 1. The molecular formula is C15H20N2O. The molecule has 2 aliphatic rings. The lowest BCUT2D eigenvalue weighted by atomic mass is 9.78. The minimum Gasteiger partial charge on any atom is -0.356 e. The van der Waals surface area contributed by atoms with Gasteiger partial charge >= 0.3 is 0 Å². The third kappa shape index (κ3) is 2.15. The molecule has 3 nitrogen and oxygen atoms in total. The van der Waals surface area contributed by atoms with E-state index in [0.717, 1.165) is 45.4 Å². The molecule has 0 bridgehead atoms. The van der Waals surface area contributed by atoms with Crippen LogP contribution in [0.15, 0.2) is 30.3 Å². The van der Waals surface area contributed by atoms with Crippen LogP contribution in [0.2, 0.25) is 0 Å². The minimum absolute atomic E-state index is 0.0902. The van der Waals surface area contributed by atoms with Gasteiger partial charge in [0.25, 0.3) is 0 Å². The van der Waals surface area contributed by atoms with Crippen LogP contribution in [0.25, 0.3) is 0 Å². The zero-order valence-corrected chi connectivity index (χ0v) is 10.7. The lowest BCUT2D eigenvalue weighted by Gasteiger charge is -2.38. The molecule has 0 radical (unpaired) electrons. The van der Waals surface area contributed by atoms with Gasteiger partial charge in [0.15, 0.2) is 0 Å². The number of carbonyl (C=O) groups excluding carboxylic acids is 1. The monoisotopic (exact) mass is 244 g/mol. The first-order chi connectivity index (χ1) is 8.78. The summed E-state index contributed by atoms with van der Waals surface area (Å²) in [5.41, 5.74) is 1.25. The molecule has 2 aliphatic heterocycles. The van der Waals surface area contributed by atoms with Gasteiger partial charge in [0.05, 0.1) is 5.41 Å². The molecule has 2 heterocycles. The van der Waals surface area contributed by atoms with E-state index in [4.69, 9.17) is 0 Å². The van der Waals surface area contributed by atoms with Crippen molar-refractivity contribution in [1.29, 1.82) is 0 Å². The molecule has 0 saturated carbocycles. The Morgan fingerprint density at radius 3 is 2.78 bits per heavy atom. The van der Waals surface area contributed by atoms with Crippen molar-refractivity contribution in [3.63, 3.8) is 0 Å². The second-order valence-corrected chi connectivity index (χ2v) is 5.59. The summed E-state index contributed by atoms with van der Waals surface area (Å²) in [6.07, 6.45) is 3.21. The van der Waals surface area contributed by atoms with E-state index in [1.54, 1.807) is 0 Å². The van der Waals surface area contributed by atoms with Crippen molar-refractivity contribution < 1.29 is 4.79 Å². The van der Waals surface area contributed by atoms with Crippen LogP contribution >= 0.6 is 0 Å². The molecule has 96 valence electrons. The van der Waals surface area contributed by atoms with Gasteiger partial charge in [-0.3, -0.25) is 9.69 Å². The van der Waals surface area contributed by atoms with Crippen LogP contribution < -0.4 is 5.32 Å². The molecule has 3 heteroatoms. The molecule has 1 amide bonds. The Morgan fingerprint density at radius 1 is 1.22 bits per heavy atom. The van der Waals surface area contributed by atoms with Crippen molar-refractivity contribution in [3.8, 4) is 0 Å². The van der Waals surface area contributed by atoms with E-state index in [-0.39, 0.29) is 11.3 Å². The van der Waals surface area contributed by atoms with Gasteiger partial charge in [-0.2, -0.15) is 0 Å². The topological polar surface area (TPSA) is 32.3 Å². The molecule has 1 atom stereocenters. The molecule has 1 aromatic carbocycles. The normalized spacial score (nSPS) is 28.6. The van der Waals surface area contributed by atoms with E-state index >= 15 is 0 Å². The van der Waals surface area contributed by atoms with Crippen LogP contribution in [0.5, 0.6) is 0 Å². The molecule has 1 N–H and O–H groups in total. The van der Waals surface area contributed by atoms with Gasteiger partial charge in [-0.1, -0.05) is 30.3 Å². The molecule has 0 aliphatic carbocycles. The average molecular weight is 244 g/mol. The first kappa shape index (κ1) is 11.7. The third-order valence-corrected chi connectivity index (χ3v) is 4.28. The van der Waals surface area contributed by atoms with E-state index in [0.29, 0.717) is 0 Å². The largest absolute Gasteiger partial charge is 0.356 e. The highest BCUT2D eigenvalue weighted by Gasteiger charge is 2.44. The maximum atomic E-state index is 12.0. The Hall–Kier alpha value is -1.35. The molecule has 0 unspecified atom stereocenters. The summed E-state index contributed by atoms with van der Waals surface area (Å²) >= 11 is 0. The Balaban J connectivity index is 1.69. The number of benzene rings is 1. The molecule has 18 heavy (non-hydrogen) atoms. The molecule has 1 aromatic rings. The van der Waals surface area contributed by atoms with Gasteiger partial charge < -0.3 is 5.32 Å². The van der Waals surface area contributed by atoms with Crippen LogP contribution in [0.3, 0.4) is 0 Å². The van der Waals surface area contributed by atoms with E-state index in [1.165, 1.54) is 5.56 Å². The maximum Gasteiger partial charge on any atom is 0.227 e. The number of hydrogen-bond donors (Lipinski definition) is 1. The van der Waals surface area contributed by atoms with E-state index in [1.807, 2.05) is 6.07 Å². The summed E-state index contributed by atoms with van der Waals surface area (Å²) in [4.78, 5) is 14.4. The molecule has 2 saturated heterocycles. The molecule has 2 fully saturated rings. The first-order valence-electron chi connectivity index (χ1n) is 6.83. The summed E-state index contributed by atoms with van der Waals surface area (Å²) in [7, 11) is 0. The van der Waals surface area contributed by atoms with Crippen LogP contribution in [-0.2, 0) is 11.3 Å². The number of carbonyl (C=O) groups is 1. The predicted octanol–water partition coefficient (Wildman–Crippen LogP) is 1.79. The smallest absolute Gasteiger partial charge is 0.227 e. The predicted molar refractivity (Wildman–Crippen MR) is 71.0 cm³/mol. The van der Waals surface area contributed by atoms with E-state index < -0.39 is 0 Å². The highest BCUT2D eigenvalue weighted by molar-refractivity contribution is 5.85. The standard InChI is InChI=1S/C15H20N2O/c18-14-15(8-9-16-14)7-4-10-17(12-15)11-13-5-2-1-3-6-13/h1-3,5-6H,4,7-12H2,(H,16,18)/t15-/m1/s1. The number of rotatable bonds is 2. The molecule has 3 rings (SSSR count). The van der Waals surface area contributed by atoms with Gasteiger partial charge in [0.1, 0.15) is 0 Å². The second-order valence-electron chi connectivity index (χ2n) is 5.59. The van der Waals surface area contributed by atoms with Gasteiger partial charge in [0.2, 0.25) is 5.91 Å². The van der Waals surface area contributed by atoms with Crippen molar-refractivity contribution in [3.05, 3.63) is 35.9 Å². The van der Waals surface area contributed by atoms with E-state index in [2.05, 4.69) is 34.5 Å². The van der Waals surface area contributed by atoms with Crippen molar-refractivity contribution in [1.82, 2.24) is 10.2 Å². The van der Waals surface area contributed by atoms with Crippen molar-refractivity contribution in [2.24, 2.45) is 5.41 Å². The van der Waals surface area contributed by atoms with Gasteiger partial charge in [-0.15, -0.1) is 0 Å². The van der Waals surface area contributed by atoms with Crippen LogP contribution in [-0.4, -0.2) is 30.4 Å². The summed E-state index contributed by atoms with van der Waals surface area (Å²) in [6.45, 7) is 3.87. The minimum atomic E-state index is -0.0902. The Morgan fingerprint density at radius 2 is 2.06 bits per heavy atom. The number of hydrogen-bond acceptors (Lipinski definition) is 2. The van der Waals surface area contributed by atoms with Crippen LogP contribution in [0, 0.1) is 5.41 Å². The maximum absolute atomic E-state index is 12.0. The zero-order chi connectivity index (χ0) is 12.4. The van der Waals surface area contributed by atoms with Crippen molar-refractivity contribution in [2.75, 3.05) is 19.6 Å². The summed E-state index contributed by atoms with van der Waals surface area (Å²) < 4.78 is 0. The zero-order valence-electron chi connectivity index (χ0n) is 10.7. The van der Waals surface area contributed by atoms with E-state index in [9.17, 15) is 4.79 Å². The number of nitrogens with one attached hydrogen (secondary N) is 1. The average Bonchev–Trinajstić information content (AvgIpc) is 2.72. The summed E-state index contributed by atoms with van der Waals surface area (Å²) in [5.74, 6) is 0.278. The first-order valence-corrected chi connectivity index (χ1v) is 6.83. The highest BCUT2D eigenvalue weighted by atomic mass is 16.2. The number of amides is 1. The fourth-order valence-corrected chi connectivity index (χ4v) is 3.31. The summed E-state index contributed by atoms with van der Waals surface area (Å²) in [6, 6.07) is 10.5. The SMILES string of the molecule is O=C1NCC[C@@]12CCCN(Cc1ccccc1)C2. The fraction of sp³-hybridized carbons (Fsp3) is 0.533. The van der Waals surface area contributed by atoms with Gasteiger partial charge in [-0.05, 0) is 31.4 Å². The highest BCUT2D eigenvalue weighted by Crippen LogP contribution is 2.36. The van der Waals surface area contributed by atoms with Crippen LogP contribution in [0.4, 0.5) is 0 Å². The molecular weight excluding hydrogens is 224 g/mol. The Bertz CT molecular complexity index is 431. The fourth-order valence-electron chi connectivity index (χ4n) is 3.31. The van der Waals surface area contributed by atoms with Crippen molar-refractivity contribution >= 4 is 5.91 Å². The molecule has 1 spiro atoms. The number of piperidine rings is 1. The van der Waals surface area contributed by atoms with Gasteiger partial charge in [-0.25, -0.2) is 0 Å². The van der Waals surface area contributed by atoms with Crippen LogP contribution in [0.1, 0.15) is 24.8 Å². The second kappa shape index (κ2) is 4.73. The third-order valence-electron chi connectivity index (χ3n) is 4.28. The Labute approximate surface area is 108 Å². The quantitative estimate of drug-likeness (QED) is 0.860. The lowest BCUT2D eigenvalue weighted by molar-refractivity contribution is -0.130. The molecule has 0 aromatic heterocycles. The number of likely N-dealkylation sites (tertiary alicyclic amines) is 1. The Kier molecular flexibility index (Phi) is 3.08. The summed E-state index contributed by atoms with van der Waals surface area (Å²) in [5, 5.41) is 3.00. The lowest BCUT2D eigenvalue weighted by Crippen LogP contribution is -2.46. The van der Waals surface area contributed by atoms with Gasteiger partial charge in [0, 0.05) is 19.6 Å².